The molecule has 0 saturated heterocycles. The fourth-order valence-electron chi connectivity index (χ4n) is 2.61. The van der Waals surface area contributed by atoms with E-state index in [9.17, 15) is 0 Å². The summed E-state index contributed by atoms with van der Waals surface area (Å²) in [6.07, 6.45) is 1.31. The van der Waals surface area contributed by atoms with E-state index in [-0.39, 0.29) is 0 Å². The summed E-state index contributed by atoms with van der Waals surface area (Å²) in [5.41, 5.74) is 2.52. The maximum absolute atomic E-state index is 4.95. The van der Waals surface area contributed by atoms with Gasteiger partial charge in [-0.25, -0.2) is 4.98 Å². The summed E-state index contributed by atoms with van der Waals surface area (Å²) in [5.74, 6) is 2.19. The summed E-state index contributed by atoms with van der Waals surface area (Å²) in [7, 11) is 0. The van der Waals surface area contributed by atoms with Crippen LogP contribution >= 0.6 is 11.3 Å². The van der Waals surface area contributed by atoms with E-state index in [1.807, 2.05) is 11.3 Å². The Hall–Kier alpha value is -1.19. The molecule has 1 aromatic carbocycles. The van der Waals surface area contributed by atoms with Crippen LogP contribution < -0.4 is 5.32 Å². The molecule has 1 N–H and O–H groups in total. The third-order valence-corrected chi connectivity index (χ3v) is 5.30. The quantitative estimate of drug-likeness (QED) is 0.838. The van der Waals surface area contributed by atoms with Gasteiger partial charge in [0.1, 0.15) is 0 Å². The molecule has 0 amide bonds. The lowest BCUT2D eigenvalue weighted by Gasteiger charge is -2.07. The van der Waals surface area contributed by atoms with Gasteiger partial charge in [-0.3, -0.25) is 0 Å². The van der Waals surface area contributed by atoms with Gasteiger partial charge < -0.3 is 5.32 Å². The number of aromatic nitrogens is 1. The van der Waals surface area contributed by atoms with E-state index in [0.29, 0.717) is 11.8 Å². The maximum Gasteiger partial charge on any atom is 0.0969 e. The van der Waals surface area contributed by atoms with E-state index in [4.69, 9.17) is 4.98 Å². The summed E-state index contributed by atoms with van der Waals surface area (Å²) < 4.78 is 0. The number of nitrogens with zero attached hydrogens (tertiary/aromatic N) is 1. The molecule has 1 aliphatic carbocycles. The van der Waals surface area contributed by atoms with Crippen LogP contribution in [0.2, 0.25) is 0 Å². The largest absolute Gasteiger partial charge is 0.311 e. The zero-order valence-corrected chi connectivity index (χ0v) is 13.9. The SMILES string of the molecule is CC(C)CNCc1nc(C2CC2C)sc1-c1ccccc1. The molecule has 0 spiro atoms. The van der Waals surface area contributed by atoms with E-state index in [0.717, 1.165) is 19.0 Å². The lowest BCUT2D eigenvalue weighted by Crippen LogP contribution is -2.19. The first-order valence-electron chi connectivity index (χ1n) is 7.91. The van der Waals surface area contributed by atoms with E-state index in [2.05, 4.69) is 56.4 Å². The molecule has 1 aromatic heterocycles. The van der Waals surface area contributed by atoms with Gasteiger partial charge in [-0.1, -0.05) is 51.1 Å². The summed E-state index contributed by atoms with van der Waals surface area (Å²) in [6, 6.07) is 10.7. The van der Waals surface area contributed by atoms with Gasteiger partial charge >= 0.3 is 0 Å². The van der Waals surface area contributed by atoms with Crippen molar-refractivity contribution in [3.63, 3.8) is 0 Å². The molecule has 3 rings (SSSR count). The minimum absolute atomic E-state index is 0.673. The van der Waals surface area contributed by atoms with Gasteiger partial charge in [0.2, 0.25) is 0 Å². The predicted octanol–water partition coefficient (Wildman–Crippen LogP) is 4.68. The molecule has 0 radical (unpaired) electrons. The smallest absolute Gasteiger partial charge is 0.0969 e. The van der Waals surface area contributed by atoms with E-state index in [1.165, 1.54) is 27.6 Å². The molecule has 1 aliphatic rings. The highest BCUT2D eigenvalue weighted by Gasteiger charge is 2.37. The predicted molar refractivity (Wildman–Crippen MR) is 90.6 cm³/mol. The zero-order valence-electron chi connectivity index (χ0n) is 13.1. The Morgan fingerprint density at radius 2 is 2.00 bits per heavy atom. The standard InChI is InChI=1S/C18H24N2S/c1-12(2)10-19-11-16-17(14-7-5-4-6-8-14)21-18(20-16)15-9-13(15)3/h4-8,12-13,15,19H,9-11H2,1-3H3. The second-order valence-corrected chi connectivity index (χ2v) is 7.57. The summed E-state index contributed by atoms with van der Waals surface area (Å²) in [6.45, 7) is 8.72. The molecule has 2 aromatic rings. The second-order valence-electron chi connectivity index (χ2n) is 6.54. The van der Waals surface area contributed by atoms with Crippen LogP contribution in [0.5, 0.6) is 0 Å². The zero-order chi connectivity index (χ0) is 14.8. The van der Waals surface area contributed by atoms with Gasteiger partial charge in [0, 0.05) is 12.5 Å². The van der Waals surface area contributed by atoms with Crippen molar-refractivity contribution in [3.8, 4) is 10.4 Å². The maximum atomic E-state index is 4.95. The van der Waals surface area contributed by atoms with Gasteiger partial charge in [0.05, 0.1) is 15.6 Å². The fourth-order valence-corrected chi connectivity index (χ4v) is 3.94. The Labute approximate surface area is 131 Å². The highest BCUT2D eigenvalue weighted by Crippen LogP contribution is 2.49. The van der Waals surface area contributed by atoms with Gasteiger partial charge in [-0.05, 0) is 30.4 Å². The summed E-state index contributed by atoms with van der Waals surface area (Å²) >= 11 is 1.89. The van der Waals surface area contributed by atoms with Crippen molar-refractivity contribution in [2.45, 2.75) is 39.7 Å². The molecule has 1 saturated carbocycles. The lowest BCUT2D eigenvalue weighted by molar-refractivity contribution is 0.549. The van der Waals surface area contributed by atoms with E-state index >= 15 is 0 Å². The minimum Gasteiger partial charge on any atom is -0.311 e. The first-order chi connectivity index (χ1) is 10.1. The molecule has 0 aliphatic heterocycles. The Morgan fingerprint density at radius 1 is 1.29 bits per heavy atom. The first kappa shape index (κ1) is 14.7. The van der Waals surface area contributed by atoms with Crippen molar-refractivity contribution in [3.05, 3.63) is 41.0 Å². The topological polar surface area (TPSA) is 24.9 Å². The van der Waals surface area contributed by atoms with Crippen LogP contribution in [0, 0.1) is 11.8 Å². The van der Waals surface area contributed by atoms with Crippen LogP contribution in [-0.4, -0.2) is 11.5 Å². The third-order valence-electron chi connectivity index (χ3n) is 4.02. The highest BCUT2D eigenvalue weighted by molar-refractivity contribution is 7.15. The Kier molecular flexibility index (Phi) is 4.41. The van der Waals surface area contributed by atoms with Crippen molar-refractivity contribution in [2.24, 2.45) is 11.8 Å². The molecule has 1 fully saturated rings. The second kappa shape index (κ2) is 6.29. The minimum atomic E-state index is 0.673. The molecule has 2 unspecified atom stereocenters. The molecular formula is C18H24N2S. The van der Waals surface area contributed by atoms with E-state index in [1.54, 1.807) is 0 Å². The number of benzene rings is 1. The first-order valence-corrected chi connectivity index (χ1v) is 8.72. The van der Waals surface area contributed by atoms with Crippen LogP contribution in [0.3, 0.4) is 0 Å². The van der Waals surface area contributed by atoms with Crippen LogP contribution in [0.4, 0.5) is 0 Å². The summed E-state index contributed by atoms with van der Waals surface area (Å²) in [4.78, 5) is 6.30. The Balaban J connectivity index is 1.83. The van der Waals surface area contributed by atoms with Crippen LogP contribution in [-0.2, 0) is 6.54 Å². The number of rotatable bonds is 6. The van der Waals surface area contributed by atoms with Gasteiger partial charge in [0.25, 0.3) is 0 Å². The molecule has 0 bridgehead atoms. The van der Waals surface area contributed by atoms with Gasteiger partial charge in [-0.15, -0.1) is 11.3 Å². The number of hydrogen-bond acceptors (Lipinski definition) is 3. The van der Waals surface area contributed by atoms with Crippen LogP contribution in [0.1, 0.15) is 43.8 Å². The number of thiazole rings is 1. The monoisotopic (exact) mass is 300 g/mol. The molecule has 3 heteroatoms. The highest BCUT2D eigenvalue weighted by atomic mass is 32.1. The molecule has 1 heterocycles. The van der Waals surface area contributed by atoms with Crippen molar-refractivity contribution >= 4 is 11.3 Å². The molecular weight excluding hydrogens is 276 g/mol. The van der Waals surface area contributed by atoms with Gasteiger partial charge in [-0.2, -0.15) is 0 Å². The Morgan fingerprint density at radius 3 is 2.62 bits per heavy atom. The fraction of sp³-hybridized carbons (Fsp3) is 0.500. The number of hydrogen-bond donors (Lipinski definition) is 1. The lowest BCUT2D eigenvalue weighted by atomic mass is 10.1. The van der Waals surface area contributed by atoms with Crippen molar-refractivity contribution in [2.75, 3.05) is 6.54 Å². The van der Waals surface area contributed by atoms with Gasteiger partial charge in [0.15, 0.2) is 0 Å². The molecule has 2 atom stereocenters. The molecule has 21 heavy (non-hydrogen) atoms. The average Bonchev–Trinajstić information content (AvgIpc) is 3.05. The van der Waals surface area contributed by atoms with Crippen molar-refractivity contribution in [1.82, 2.24) is 10.3 Å². The molecule has 112 valence electrons. The normalized spacial score (nSPS) is 21.0. The third kappa shape index (κ3) is 3.53. The van der Waals surface area contributed by atoms with Crippen LogP contribution in [0.15, 0.2) is 30.3 Å². The number of nitrogens with one attached hydrogen (secondary N) is 1. The van der Waals surface area contributed by atoms with E-state index < -0.39 is 0 Å². The molecule has 2 nitrogen and oxygen atoms in total. The Bertz CT molecular complexity index is 589. The van der Waals surface area contributed by atoms with Crippen molar-refractivity contribution < 1.29 is 0 Å². The van der Waals surface area contributed by atoms with Crippen LogP contribution in [0.25, 0.3) is 10.4 Å². The van der Waals surface area contributed by atoms with Crippen molar-refractivity contribution in [1.29, 1.82) is 0 Å². The summed E-state index contributed by atoms with van der Waals surface area (Å²) in [5, 5.41) is 4.88. The average molecular weight is 300 g/mol.